The summed E-state index contributed by atoms with van der Waals surface area (Å²) in [5.74, 6) is -12.0. The second-order valence-electron chi connectivity index (χ2n) is 1.85. The highest BCUT2D eigenvalue weighted by atomic mass is 19.4. The Morgan fingerprint density at radius 2 is 0.750 bits per heavy atom. The highest BCUT2D eigenvalue weighted by Crippen LogP contribution is 2.42. The lowest BCUT2D eigenvalue weighted by Crippen LogP contribution is -2.51. The Morgan fingerprint density at radius 1 is 0.583 bits per heavy atom. The van der Waals surface area contributed by atoms with E-state index < -0.39 is 24.7 Å². The number of rotatable bonds is 3. The van der Waals surface area contributed by atoms with Crippen LogP contribution in [0.2, 0.25) is 0 Å². The van der Waals surface area contributed by atoms with Gasteiger partial charge in [0.05, 0.1) is 0 Å². The number of alkyl halides is 8. The first kappa shape index (κ1) is 11.4. The Balaban J connectivity index is 4.75. The van der Waals surface area contributed by atoms with Gasteiger partial charge in [0, 0.05) is 0 Å². The highest BCUT2D eigenvalue weighted by Gasteiger charge is 2.68. The van der Waals surface area contributed by atoms with E-state index in [1.54, 1.807) is 0 Å². The maximum absolute atomic E-state index is 11.6. The molecule has 0 atom stereocenters. The van der Waals surface area contributed by atoms with Gasteiger partial charge in [0.2, 0.25) is 0 Å². The summed E-state index contributed by atoms with van der Waals surface area (Å²) in [6.07, 6.45) is -9.64. The Morgan fingerprint density at radius 3 is 0.833 bits per heavy atom. The molecule has 0 nitrogen and oxygen atoms in total. The van der Waals surface area contributed by atoms with Crippen LogP contribution >= 0.6 is 0 Å². The van der Waals surface area contributed by atoms with Crippen LogP contribution in [0.25, 0.3) is 0 Å². The first-order chi connectivity index (χ1) is 5.14. The fraction of sp³-hybridized carbons (Fsp3) is 1.00. The molecule has 0 amide bonds. The summed E-state index contributed by atoms with van der Waals surface area (Å²) in [5, 5.41) is 0. The molecule has 0 aliphatic heterocycles. The number of hydrogen-bond donors (Lipinski definition) is 0. The molecule has 0 N–H and O–H groups in total. The summed E-state index contributed by atoms with van der Waals surface area (Å²) >= 11 is 0. The molecule has 0 heterocycles. The van der Waals surface area contributed by atoms with Crippen molar-refractivity contribution in [1.29, 1.82) is 0 Å². The molecule has 0 aromatic heterocycles. The lowest BCUT2D eigenvalue weighted by molar-refractivity contribution is -0.303. The molecule has 0 fully saturated rings. The molecule has 0 aliphatic rings. The van der Waals surface area contributed by atoms with E-state index in [9.17, 15) is 35.1 Å². The number of hydrogen-bond acceptors (Lipinski definition) is 0. The van der Waals surface area contributed by atoms with Gasteiger partial charge in [-0.2, -0.15) is 17.6 Å². The van der Waals surface area contributed by atoms with Crippen molar-refractivity contribution in [2.45, 2.75) is 24.7 Å². The molecule has 0 aromatic carbocycles. The van der Waals surface area contributed by atoms with Crippen molar-refractivity contribution in [2.24, 2.45) is 0 Å². The first-order valence-corrected chi connectivity index (χ1v) is 2.46. The van der Waals surface area contributed by atoms with E-state index in [-0.39, 0.29) is 0 Å². The maximum Gasteiger partial charge on any atom is 0.375 e. The highest BCUT2D eigenvalue weighted by molar-refractivity contribution is 4.88. The maximum atomic E-state index is 11.6. The molecule has 0 spiro atoms. The van der Waals surface area contributed by atoms with Crippen molar-refractivity contribution in [3.63, 3.8) is 0 Å². The molecule has 0 saturated carbocycles. The van der Waals surface area contributed by atoms with Crippen molar-refractivity contribution >= 4 is 0 Å². The van der Waals surface area contributed by atoms with Gasteiger partial charge in [-0.15, -0.1) is 0 Å². The third-order valence-corrected chi connectivity index (χ3v) is 0.993. The molecule has 0 rings (SSSR count). The Hall–Kier alpha value is -0.560. The van der Waals surface area contributed by atoms with E-state index >= 15 is 0 Å². The third-order valence-electron chi connectivity index (χ3n) is 0.993. The second-order valence-corrected chi connectivity index (χ2v) is 1.85. The van der Waals surface area contributed by atoms with Gasteiger partial charge < -0.3 is 0 Å². The third kappa shape index (κ3) is 1.61. The summed E-state index contributed by atoms with van der Waals surface area (Å²) in [4.78, 5) is 0. The van der Waals surface area contributed by atoms with Crippen LogP contribution in [0.1, 0.15) is 0 Å². The lowest BCUT2D eigenvalue weighted by atomic mass is 10.2. The van der Waals surface area contributed by atoms with Crippen LogP contribution in [-0.4, -0.2) is 24.7 Å². The fourth-order valence-corrected chi connectivity index (χ4v) is 0.291. The van der Waals surface area contributed by atoms with Crippen LogP contribution < -0.4 is 0 Å². The standard InChI is InChI=1S/C4H2F8/c5-1(6)3(9,10)4(11,12)2(7)8/h1-2H. The Bertz CT molecular complexity index is 131. The molecular formula is C4H2F8. The van der Waals surface area contributed by atoms with E-state index in [0.717, 1.165) is 0 Å². The molecule has 0 aromatic rings. The van der Waals surface area contributed by atoms with E-state index in [4.69, 9.17) is 0 Å². The molecule has 8 heteroatoms. The molecular weight excluding hydrogens is 200 g/mol. The van der Waals surface area contributed by atoms with E-state index in [1.807, 2.05) is 0 Å². The average Bonchev–Trinajstić information content (AvgIpc) is 1.86. The minimum Gasteiger partial charge on any atom is -0.203 e. The van der Waals surface area contributed by atoms with Crippen LogP contribution in [-0.2, 0) is 0 Å². The van der Waals surface area contributed by atoms with Crippen LogP contribution in [0.4, 0.5) is 35.1 Å². The minimum atomic E-state index is -6.00. The zero-order valence-corrected chi connectivity index (χ0v) is 5.18. The van der Waals surface area contributed by atoms with Crippen LogP contribution in [0.15, 0.2) is 0 Å². The minimum absolute atomic E-state index is 4.82. The van der Waals surface area contributed by atoms with Crippen LogP contribution in [0.3, 0.4) is 0 Å². The first-order valence-electron chi connectivity index (χ1n) is 2.46. The molecule has 0 aliphatic carbocycles. The summed E-state index contributed by atoms with van der Waals surface area (Å²) < 4.78 is 90.8. The van der Waals surface area contributed by atoms with Gasteiger partial charge >= 0.3 is 24.7 Å². The number of halogens is 8. The van der Waals surface area contributed by atoms with E-state index in [0.29, 0.717) is 0 Å². The summed E-state index contributed by atoms with van der Waals surface area (Å²) in [6.45, 7) is 0. The Kier molecular flexibility index (Phi) is 2.92. The summed E-state index contributed by atoms with van der Waals surface area (Å²) in [5.41, 5.74) is 0. The van der Waals surface area contributed by atoms with E-state index in [1.165, 1.54) is 0 Å². The van der Waals surface area contributed by atoms with Crippen LogP contribution in [0.5, 0.6) is 0 Å². The van der Waals surface area contributed by atoms with E-state index in [2.05, 4.69) is 0 Å². The Labute approximate surface area is 61.2 Å². The molecule has 12 heavy (non-hydrogen) atoms. The lowest BCUT2D eigenvalue weighted by Gasteiger charge is -2.24. The zero-order valence-electron chi connectivity index (χ0n) is 5.18. The van der Waals surface area contributed by atoms with Gasteiger partial charge in [-0.3, -0.25) is 0 Å². The topological polar surface area (TPSA) is 0 Å². The van der Waals surface area contributed by atoms with Gasteiger partial charge in [0.25, 0.3) is 0 Å². The van der Waals surface area contributed by atoms with Crippen molar-refractivity contribution < 1.29 is 35.1 Å². The van der Waals surface area contributed by atoms with Crippen molar-refractivity contribution in [2.75, 3.05) is 0 Å². The van der Waals surface area contributed by atoms with Crippen LogP contribution in [0, 0.1) is 0 Å². The van der Waals surface area contributed by atoms with Crippen molar-refractivity contribution in [1.82, 2.24) is 0 Å². The molecule has 74 valence electrons. The molecule has 0 bridgehead atoms. The predicted octanol–water partition coefficient (Wildman–Crippen LogP) is 2.79. The van der Waals surface area contributed by atoms with Gasteiger partial charge in [0.1, 0.15) is 0 Å². The molecule has 0 radical (unpaired) electrons. The molecule has 0 unspecified atom stereocenters. The summed E-state index contributed by atoms with van der Waals surface area (Å²) in [7, 11) is 0. The van der Waals surface area contributed by atoms with Gasteiger partial charge in [-0.1, -0.05) is 0 Å². The van der Waals surface area contributed by atoms with Gasteiger partial charge in [-0.05, 0) is 0 Å². The van der Waals surface area contributed by atoms with Crippen molar-refractivity contribution in [3.8, 4) is 0 Å². The largest absolute Gasteiger partial charge is 0.375 e. The SMILES string of the molecule is FC(F)C(F)(F)C(F)(F)C(F)F. The fourth-order valence-electron chi connectivity index (χ4n) is 0.291. The summed E-state index contributed by atoms with van der Waals surface area (Å²) in [6, 6.07) is 0. The second kappa shape index (κ2) is 3.06. The van der Waals surface area contributed by atoms with Gasteiger partial charge in [0.15, 0.2) is 0 Å². The predicted molar refractivity (Wildman–Crippen MR) is 21.9 cm³/mol. The normalized spacial score (nSPS) is 14.5. The zero-order chi connectivity index (χ0) is 10.2. The van der Waals surface area contributed by atoms with Gasteiger partial charge in [-0.25, -0.2) is 17.6 Å². The smallest absolute Gasteiger partial charge is 0.203 e. The monoisotopic (exact) mass is 202 g/mol. The molecule has 0 saturated heterocycles. The van der Waals surface area contributed by atoms with Crippen molar-refractivity contribution in [3.05, 3.63) is 0 Å². The average molecular weight is 202 g/mol. The quantitative estimate of drug-likeness (QED) is 0.617.